The topological polar surface area (TPSA) is 48.1 Å². The van der Waals surface area contributed by atoms with Gasteiger partial charge in [-0.05, 0) is 34.2 Å². The molecular weight excluding hydrogens is 362 g/mol. The maximum Gasteiger partial charge on any atom is 0.574 e. The molecule has 1 heterocycles. The van der Waals surface area contributed by atoms with E-state index in [-0.39, 0.29) is 15.7 Å². The van der Waals surface area contributed by atoms with E-state index in [1.165, 1.54) is 22.6 Å². The molecule has 0 bridgehead atoms. The molecule has 0 aliphatic heterocycles. The van der Waals surface area contributed by atoms with Crippen LogP contribution in [0, 0.1) is 3.57 Å². The summed E-state index contributed by atoms with van der Waals surface area (Å²) < 4.78 is 64.4. The summed E-state index contributed by atoms with van der Waals surface area (Å²) in [5.41, 5.74) is 4.38. The number of pyridine rings is 1. The molecule has 0 unspecified atom stereocenters. The molecule has 0 radical (unpaired) electrons. The average molecular weight is 368 g/mol. The average Bonchev–Trinajstić information content (AvgIpc) is 2.18. The molecule has 2 N–H and O–H groups in total. The Kier molecular flexibility index (Phi) is 4.47. The lowest BCUT2D eigenvalue weighted by atomic mass is 10.2. The largest absolute Gasteiger partial charge is 0.574 e. The third kappa shape index (κ3) is 3.91. The Morgan fingerprint density at radius 1 is 1.41 bits per heavy atom. The number of hydrogen-bond donors (Lipinski definition) is 1. The summed E-state index contributed by atoms with van der Waals surface area (Å²) in [6.45, 7) is -0.241. The minimum Gasteiger partial charge on any atom is -0.387 e. The number of nitrogens with zero attached hydrogens (tertiary/aromatic N) is 1. The highest BCUT2D eigenvalue weighted by atomic mass is 127. The Labute approximate surface area is 106 Å². The standard InChI is InChI=1S/C8H6F5IN2O/c9-6(10)5-3(2-15)1-4(14)7(16-5)17-8(11,12)13/h1,6H,2,15H2. The van der Waals surface area contributed by atoms with Crippen LogP contribution in [0.1, 0.15) is 17.7 Å². The smallest absolute Gasteiger partial charge is 0.387 e. The molecule has 17 heavy (non-hydrogen) atoms. The lowest BCUT2D eigenvalue weighted by Crippen LogP contribution is -2.19. The SMILES string of the molecule is NCc1cc(I)c(OC(F)(F)F)nc1C(F)F. The van der Waals surface area contributed by atoms with Gasteiger partial charge in [0.05, 0.1) is 3.57 Å². The van der Waals surface area contributed by atoms with Gasteiger partial charge in [0.15, 0.2) is 0 Å². The highest BCUT2D eigenvalue weighted by molar-refractivity contribution is 14.1. The Bertz CT molecular complexity index is 410. The van der Waals surface area contributed by atoms with Crippen LogP contribution in [0.5, 0.6) is 5.88 Å². The molecule has 1 aromatic rings. The van der Waals surface area contributed by atoms with Crippen molar-refractivity contribution in [1.82, 2.24) is 4.98 Å². The van der Waals surface area contributed by atoms with Crippen molar-refractivity contribution in [2.75, 3.05) is 0 Å². The van der Waals surface area contributed by atoms with E-state index in [2.05, 4.69) is 9.72 Å². The first-order chi connectivity index (χ1) is 7.74. The van der Waals surface area contributed by atoms with Crippen LogP contribution in [-0.4, -0.2) is 11.3 Å². The van der Waals surface area contributed by atoms with Crippen LogP contribution >= 0.6 is 22.6 Å². The van der Waals surface area contributed by atoms with Gasteiger partial charge in [0.1, 0.15) is 5.69 Å². The highest BCUT2D eigenvalue weighted by Crippen LogP contribution is 2.30. The quantitative estimate of drug-likeness (QED) is 0.659. The van der Waals surface area contributed by atoms with E-state index in [4.69, 9.17) is 5.73 Å². The lowest BCUT2D eigenvalue weighted by molar-refractivity contribution is -0.276. The summed E-state index contributed by atoms with van der Waals surface area (Å²) in [5.74, 6) is -0.898. The van der Waals surface area contributed by atoms with Gasteiger partial charge in [-0.1, -0.05) is 0 Å². The number of halogens is 6. The van der Waals surface area contributed by atoms with Gasteiger partial charge in [0.25, 0.3) is 6.43 Å². The molecule has 0 saturated heterocycles. The van der Waals surface area contributed by atoms with Crippen LogP contribution in [0.25, 0.3) is 0 Å². The lowest BCUT2D eigenvalue weighted by Gasteiger charge is -2.13. The Balaban J connectivity index is 3.20. The number of alkyl halides is 5. The minimum atomic E-state index is -4.98. The molecule has 1 rings (SSSR count). The summed E-state index contributed by atoms with van der Waals surface area (Å²) in [5, 5.41) is 0. The molecule has 96 valence electrons. The van der Waals surface area contributed by atoms with Crippen LogP contribution in [0.15, 0.2) is 6.07 Å². The van der Waals surface area contributed by atoms with Gasteiger partial charge in [-0.25, -0.2) is 13.8 Å². The predicted molar refractivity (Wildman–Crippen MR) is 56.5 cm³/mol. The Hall–Kier alpha value is -0.710. The van der Waals surface area contributed by atoms with Crippen molar-refractivity contribution in [2.45, 2.75) is 19.3 Å². The van der Waals surface area contributed by atoms with E-state index in [0.717, 1.165) is 6.07 Å². The minimum absolute atomic E-state index is 0.0149. The van der Waals surface area contributed by atoms with Crippen molar-refractivity contribution in [3.05, 3.63) is 20.9 Å². The maximum atomic E-state index is 12.5. The first-order valence-electron chi connectivity index (χ1n) is 4.18. The fourth-order valence-electron chi connectivity index (χ4n) is 1.06. The fourth-order valence-corrected chi connectivity index (χ4v) is 1.66. The van der Waals surface area contributed by atoms with Crippen molar-refractivity contribution in [2.24, 2.45) is 5.73 Å². The molecule has 0 saturated carbocycles. The zero-order chi connectivity index (χ0) is 13.2. The second-order valence-electron chi connectivity index (χ2n) is 2.87. The van der Waals surface area contributed by atoms with E-state index >= 15 is 0 Å². The zero-order valence-electron chi connectivity index (χ0n) is 8.06. The van der Waals surface area contributed by atoms with Crippen LogP contribution < -0.4 is 10.5 Å². The van der Waals surface area contributed by atoms with Crippen molar-refractivity contribution >= 4 is 22.6 Å². The number of ether oxygens (including phenoxy) is 1. The molecule has 0 aliphatic carbocycles. The Morgan fingerprint density at radius 2 is 2.00 bits per heavy atom. The molecule has 0 atom stereocenters. The Morgan fingerprint density at radius 3 is 2.41 bits per heavy atom. The first kappa shape index (κ1) is 14.4. The monoisotopic (exact) mass is 368 g/mol. The second-order valence-corrected chi connectivity index (χ2v) is 4.03. The molecule has 0 aromatic carbocycles. The second kappa shape index (κ2) is 5.29. The van der Waals surface area contributed by atoms with E-state index in [1.807, 2.05) is 0 Å². The van der Waals surface area contributed by atoms with E-state index in [0.29, 0.717) is 0 Å². The molecule has 0 amide bonds. The molecule has 1 aromatic heterocycles. The van der Waals surface area contributed by atoms with Crippen LogP contribution in [0.3, 0.4) is 0 Å². The molecule has 0 aliphatic rings. The van der Waals surface area contributed by atoms with Crippen molar-refractivity contribution in [1.29, 1.82) is 0 Å². The third-order valence-corrected chi connectivity index (χ3v) is 2.47. The first-order valence-corrected chi connectivity index (χ1v) is 5.25. The summed E-state index contributed by atoms with van der Waals surface area (Å²) in [4.78, 5) is 3.15. The normalized spacial score (nSPS) is 12.0. The van der Waals surface area contributed by atoms with Crippen molar-refractivity contribution in [3.63, 3.8) is 0 Å². The number of hydrogen-bond acceptors (Lipinski definition) is 3. The van der Waals surface area contributed by atoms with E-state index in [9.17, 15) is 22.0 Å². The van der Waals surface area contributed by atoms with Gasteiger partial charge < -0.3 is 10.5 Å². The zero-order valence-corrected chi connectivity index (χ0v) is 10.2. The van der Waals surface area contributed by atoms with Gasteiger partial charge in [0, 0.05) is 6.54 Å². The van der Waals surface area contributed by atoms with E-state index < -0.39 is 24.4 Å². The summed E-state index contributed by atoms with van der Waals surface area (Å²) in [7, 11) is 0. The number of nitrogens with two attached hydrogens (primary N) is 1. The van der Waals surface area contributed by atoms with Crippen LogP contribution in [0.4, 0.5) is 22.0 Å². The summed E-state index contributed by atoms with van der Waals surface area (Å²) in [6, 6.07) is 1.09. The number of rotatable bonds is 3. The molecule has 0 fully saturated rings. The highest BCUT2D eigenvalue weighted by Gasteiger charge is 2.33. The molecule has 0 spiro atoms. The maximum absolute atomic E-state index is 12.5. The summed E-state index contributed by atoms with van der Waals surface area (Å²) in [6.07, 6.45) is -7.99. The van der Waals surface area contributed by atoms with Gasteiger partial charge in [-0.15, -0.1) is 13.2 Å². The molecule has 3 nitrogen and oxygen atoms in total. The van der Waals surface area contributed by atoms with Crippen molar-refractivity contribution in [3.8, 4) is 5.88 Å². The number of aromatic nitrogens is 1. The van der Waals surface area contributed by atoms with Gasteiger partial charge in [-0.3, -0.25) is 0 Å². The molecular formula is C8H6F5IN2O. The van der Waals surface area contributed by atoms with E-state index in [1.54, 1.807) is 0 Å². The summed E-state index contributed by atoms with van der Waals surface area (Å²) >= 11 is 1.50. The molecule has 9 heteroatoms. The van der Waals surface area contributed by atoms with Gasteiger partial charge in [0.2, 0.25) is 5.88 Å². The predicted octanol–water partition coefficient (Wildman–Crippen LogP) is 2.98. The third-order valence-electron chi connectivity index (χ3n) is 1.70. The van der Waals surface area contributed by atoms with Gasteiger partial charge >= 0.3 is 6.36 Å². The van der Waals surface area contributed by atoms with Crippen LogP contribution in [0.2, 0.25) is 0 Å². The van der Waals surface area contributed by atoms with Gasteiger partial charge in [-0.2, -0.15) is 0 Å². The van der Waals surface area contributed by atoms with Crippen LogP contribution in [-0.2, 0) is 6.54 Å². The fraction of sp³-hybridized carbons (Fsp3) is 0.375. The van der Waals surface area contributed by atoms with Crippen molar-refractivity contribution < 1.29 is 26.7 Å².